The minimum atomic E-state index is -0.857. The van der Waals surface area contributed by atoms with E-state index in [4.69, 9.17) is 0 Å². The predicted molar refractivity (Wildman–Crippen MR) is 76.5 cm³/mol. The van der Waals surface area contributed by atoms with Gasteiger partial charge in [0.25, 0.3) is 0 Å². The zero-order valence-corrected chi connectivity index (χ0v) is 16.1. The normalized spacial score (nSPS) is 29.1. The molecule has 0 aromatic rings. The highest BCUT2D eigenvalue weighted by Gasteiger charge is 2.38. The molecule has 1 rings (SSSR count). The lowest BCUT2D eigenvalue weighted by molar-refractivity contribution is 0.687. The molecule has 7 heteroatoms. The summed E-state index contributed by atoms with van der Waals surface area (Å²) in [5.41, 5.74) is 0. The van der Waals surface area contributed by atoms with Gasteiger partial charge in [-0.2, -0.15) is 0 Å². The summed E-state index contributed by atoms with van der Waals surface area (Å²) in [6, 6.07) is 1.50. The van der Waals surface area contributed by atoms with Crippen LogP contribution in [-0.4, -0.2) is 53.7 Å². The van der Waals surface area contributed by atoms with Gasteiger partial charge in [0, 0.05) is 17.1 Å². The lowest BCUT2D eigenvalue weighted by Gasteiger charge is -2.33. The van der Waals surface area contributed by atoms with Crippen molar-refractivity contribution in [1.82, 2.24) is 9.96 Å². The average molecular weight is 265 g/mol. The Kier molecular flexibility index (Phi) is 4.82. The molecule has 0 spiro atoms. The summed E-state index contributed by atoms with van der Waals surface area (Å²) in [5, 5.41) is 0. The molecule has 1 aliphatic rings. The van der Waals surface area contributed by atoms with Gasteiger partial charge in [-0.1, -0.05) is 27.7 Å². The molecule has 2 nitrogen and oxygen atoms in total. The monoisotopic (exact) mass is 264 g/mol. The third-order valence-corrected chi connectivity index (χ3v) is 96.9. The Labute approximate surface area is 91.4 Å². The van der Waals surface area contributed by atoms with Crippen molar-refractivity contribution in [2.45, 2.75) is 39.8 Å². The van der Waals surface area contributed by atoms with Crippen molar-refractivity contribution in [3.8, 4) is 0 Å². The number of hydrogen-bond donors (Lipinski definition) is 2. The molecule has 2 N–H and O–H groups in total. The van der Waals surface area contributed by atoms with E-state index < -0.39 is 7.43 Å². The Morgan fingerprint density at radius 3 is 1.54 bits per heavy atom. The van der Waals surface area contributed by atoms with Crippen LogP contribution in [0.4, 0.5) is 0 Å². The van der Waals surface area contributed by atoms with E-state index in [9.17, 15) is 0 Å². The fourth-order valence-corrected chi connectivity index (χ4v) is 197. The van der Waals surface area contributed by atoms with Crippen LogP contribution in [-0.2, 0) is 0 Å². The maximum absolute atomic E-state index is 4.01. The molecule has 78 valence electrons. The first-order chi connectivity index (χ1) is 6.04. The van der Waals surface area contributed by atoms with E-state index in [1.807, 2.05) is 0 Å². The third kappa shape index (κ3) is 3.94. The van der Waals surface area contributed by atoms with Gasteiger partial charge in [-0.05, 0) is 29.2 Å². The van der Waals surface area contributed by atoms with Gasteiger partial charge < -0.3 is 9.96 Å². The molecule has 0 unspecified atom stereocenters. The van der Waals surface area contributed by atoms with Crippen LogP contribution in [0.3, 0.4) is 0 Å². The van der Waals surface area contributed by atoms with Crippen LogP contribution in [0, 0.1) is 0 Å². The van der Waals surface area contributed by atoms with E-state index in [-0.39, 0.29) is 0 Å². The fraction of sp³-hybridized carbons (Fsp3) is 1.00. The van der Waals surface area contributed by atoms with Gasteiger partial charge in [-0.15, -0.1) is 0 Å². The van der Waals surface area contributed by atoms with Gasteiger partial charge in [0.15, 0.2) is 7.43 Å². The number of hydrogen-bond acceptors (Lipinski definition) is 2. The number of nitrogens with one attached hydrogen (secondary N) is 2. The number of rotatable bonds is 4. The fourth-order valence-electron chi connectivity index (χ4n) is 2.41. The van der Waals surface area contributed by atoms with Crippen LogP contribution < -0.4 is 9.96 Å². The summed E-state index contributed by atoms with van der Waals surface area (Å²) in [7, 11) is 1.29. The van der Waals surface area contributed by atoms with Crippen molar-refractivity contribution < 1.29 is 0 Å². The van der Waals surface area contributed by atoms with Gasteiger partial charge in [0.05, 0.1) is 0 Å². The van der Waals surface area contributed by atoms with Crippen molar-refractivity contribution in [2.24, 2.45) is 0 Å². The van der Waals surface area contributed by atoms with E-state index in [2.05, 4.69) is 37.7 Å². The Balaban J connectivity index is 2.52. The van der Waals surface area contributed by atoms with Crippen molar-refractivity contribution >= 4 is 41.7 Å². The minimum Gasteiger partial charge on any atom is -0.329 e. The largest absolute Gasteiger partial charge is 0.329 e. The van der Waals surface area contributed by atoms with Gasteiger partial charge in [0.1, 0.15) is 0 Å². The molecule has 1 heterocycles. The second-order valence-corrected chi connectivity index (χ2v) is 49.3. The van der Waals surface area contributed by atoms with E-state index in [0.717, 1.165) is 12.1 Å². The van der Waals surface area contributed by atoms with E-state index in [0.29, 0.717) is 34.2 Å². The van der Waals surface area contributed by atoms with Gasteiger partial charge in [-0.25, -0.2) is 0 Å². The van der Waals surface area contributed by atoms with Crippen molar-refractivity contribution in [3.05, 3.63) is 0 Å². The van der Waals surface area contributed by atoms with Gasteiger partial charge in [0.2, 0.25) is 0 Å². The van der Waals surface area contributed by atoms with Crippen LogP contribution in [0.1, 0.15) is 27.7 Å². The second-order valence-electron chi connectivity index (χ2n) is 4.89. The molecule has 0 amide bonds. The van der Waals surface area contributed by atoms with Crippen molar-refractivity contribution in [1.29, 1.82) is 0 Å². The van der Waals surface area contributed by atoms with Crippen LogP contribution in [0.25, 0.3) is 0 Å². The highest BCUT2D eigenvalue weighted by Crippen LogP contribution is 1.99. The molecule has 13 heavy (non-hydrogen) atoms. The lowest BCUT2D eigenvalue weighted by atomic mass is 10.4. The average Bonchev–Trinajstić information content (AvgIpc) is 2.33. The molecule has 0 aromatic carbocycles. The molecule has 0 aromatic heterocycles. The molecule has 0 aliphatic carbocycles. The first-order valence-corrected chi connectivity index (χ1v) is 24.3. The molecule has 1 fully saturated rings. The van der Waals surface area contributed by atoms with Crippen LogP contribution in [0.2, 0.25) is 0 Å². The Morgan fingerprint density at radius 2 is 1.23 bits per heavy atom. The summed E-state index contributed by atoms with van der Waals surface area (Å²) >= 11 is 0. The molecule has 1 saturated heterocycles. The summed E-state index contributed by atoms with van der Waals surface area (Å²) in [6.45, 7) is 9.34. The van der Waals surface area contributed by atoms with Crippen LogP contribution in [0.5, 0.6) is 0 Å². The van der Waals surface area contributed by atoms with E-state index in [1.165, 1.54) is 0 Å². The Bertz CT molecular complexity index is 145. The molecule has 0 radical (unpaired) electrons. The molecular weight excluding hydrogens is 241 g/mol. The maximum Gasteiger partial charge on any atom is 0.152 e. The smallest absolute Gasteiger partial charge is 0.152 e. The van der Waals surface area contributed by atoms with E-state index >= 15 is 0 Å². The first-order valence-electron chi connectivity index (χ1n) is 5.59. The van der Waals surface area contributed by atoms with Gasteiger partial charge in [-0.3, -0.25) is 0 Å². The van der Waals surface area contributed by atoms with Crippen molar-refractivity contribution in [3.63, 3.8) is 0 Å². The molecule has 1 aliphatic heterocycles. The molecule has 0 bridgehead atoms. The Morgan fingerprint density at radius 1 is 0.846 bits per heavy atom. The standard InChI is InChI=1S/C6H24N2Si5/c1-5(2)7-13(8-6(3)4)11-9-10-12-13/h5-8H,9-12H2,1-4H3. The zero-order valence-electron chi connectivity index (χ0n) is 9.48. The second kappa shape index (κ2) is 5.19. The third-order valence-electron chi connectivity index (χ3n) is 2.59. The summed E-state index contributed by atoms with van der Waals surface area (Å²) in [5.74, 6) is 0. The first kappa shape index (κ1) is 12.1. The molecular formula is C6H24N2Si5. The highest BCUT2D eigenvalue weighted by molar-refractivity contribution is 7.84. The lowest BCUT2D eigenvalue weighted by Crippen LogP contribution is -2.72. The predicted octanol–water partition coefficient (Wildman–Crippen LogP) is -3.15. The summed E-state index contributed by atoms with van der Waals surface area (Å²) in [6.07, 6.45) is 0. The summed E-state index contributed by atoms with van der Waals surface area (Å²) < 4.78 is 0. The van der Waals surface area contributed by atoms with Crippen LogP contribution in [0.15, 0.2) is 0 Å². The summed E-state index contributed by atoms with van der Waals surface area (Å²) in [4.78, 5) is 8.01. The Hall–Kier alpha value is 1.00. The maximum atomic E-state index is 4.01. The quantitative estimate of drug-likeness (QED) is 0.525. The SMILES string of the molecule is CC(C)N[Si]1(NC(C)C)[SiH2][SiH2][SiH2][SiH2]1. The molecule has 0 saturated carbocycles. The minimum absolute atomic E-state index is 0.444. The van der Waals surface area contributed by atoms with Crippen molar-refractivity contribution in [2.75, 3.05) is 0 Å². The highest BCUT2D eigenvalue weighted by atomic mass is 30.1. The zero-order chi connectivity index (χ0) is 9.90. The van der Waals surface area contributed by atoms with Gasteiger partial charge >= 0.3 is 0 Å². The molecule has 0 atom stereocenters. The van der Waals surface area contributed by atoms with Crippen LogP contribution >= 0.6 is 0 Å². The van der Waals surface area contributed by atoms with E-state index in [1.54, 1.807) is 0 Å². The topological polar surface area (TPSA) is 24.1 Å².